The van der Waals surface area contributed by atoms with Crippen LogP contribution >= 0.6 is 11.3 Å². The molecule has 0 unspecified atom stereocenters. The summed E-state index contributed by atoms with van der Waals surface area (Å²) in [4.78, 5) is 12.2. The van der Waals surface area contributed by atoms with Crippen LogP contribution in [0.3, 0.4) is 0 Å². The van der Waals surface area contributed by atoms with Gasteiger partial charge in [0, 0.05) is 16.0 Å². The lowest BCUT2D eigenvalue weighted by Gasteiger charge is -2.07. The van der Waals surface area contributed by atoms with Crippen molar-refractivity contribution in [1.82, 2.24) is 0 Å². The Kier molecular flexibility index (Phi) is 4.07. The van der Waals surface area contributed by atoms with Crippen LogP contribution in [0, 0.1) is 0 Å². The molecule has 1 N–H and O–H groups in total. The maximum atomic E-state index is 11.3. The van der Waals surface area contributed by atoms with Gasteiger partial charge in [0.1, 0.15) is 0 Å². The highest BCUT2D eigenvalue weighted by atomic mass is 32.1. The Bertz CT molecular complexity index is 853. The molecule has 22 heavy (non-hydrogen) atoms. The summed E-state index contributed by atoms with van der Waals surface area (Å²) in [6.45, 7) is 1.87. The molecular weight excluding hydrogens is 292 g/mol. The van der Waals surface area contributed by atoms with Crippen molar-refractivity contribution in [3.05, 3.63) is 64.4 Å². The Morgan fingerprint density at radius 3 is 2.64 bits per heavy atom. The average Bonchev–Trinajstić information content (AvgIpc) is 2.99. The SMILES string of the molecule is CCC(=Cc1sccc1-c1cccc2ccccc12)C(=O)O. The Labute approximate surface area is 133 Å². The third kappa shape index (κ3) is 2.68. The number of fused-ring (bicyclic) bond motifs is 1. The van der Waals surface area contributed by atoms with E-state index in [0.717, 1.165) is 16.0 Å². The Balaban J connectivity index is 2.18. The van der Waals surface area contributed by atoms with E-state index in [4.69, 9.17) is 0 Å². The largest absolute Gasteiger partial charge is 0.478 e. The van der Waals surface area contributed by atoms with E-state index >= 15 is 0 Å². The molecule has 2 nitrogen and oxygen atoms in total. The molecule has 1 heterocycles. The average molecular weight is 308 g/mol. The lowest BCUT2D eigenvalue weighted by atomic mass is 9.98. The summed E-state index contributed by atoms with van der Waals surface area (Å²) in [7, 11) is 0. The summed E-state index contributed by atoms with van der Waals surface area (Å²) in [5, 5.41) is 13.6. The second-order valence-electron chi connectivity index (χ2n) is 5.05. The molecular formula is C19H16O2S. The van der Waals surface area contributed by atoms with Gasteiger partial charge in [-0.15, -0.1) is 11.3 Å². The van der Waals surface area contributed by atoms with Crippen LogP contribution in [0.1, 0.15) is 18.2 Å². The van der Waals surface area contributed by atoms with Crippen molar-refractivity contribution in [2.45, 2.75) is 13.3 Å². The summed E-state index contributed by atoms with van der Waals surface area (Å²) in [6.07, 6.45) is 2.31. The van der Waals surface area contributed by atoms with Gasteiger partial charge in [0.15, 0.2) is 0 Å². The number of rotatable bonds is 4. The van der Waals surface area contributed by atoms with E-state index in [9.17, 15) is 9.90 Å². The molecule has 0 atom stereocenters. The van der Waals surface area contributed by atoms with Crippen LogP contribution in [0.5, 0.6) is 0 Å². The molecule has 0 aliphatic rings. The minimum Gasteiger partial charge on any atom is -0.478 e. The first kappa shape index (κ1) is 14.5. The molecule has 3 aromatic rings. The van der Waals surface area contributed by atoms with Gasteiger partial charge in [-0.1, -0.05) is 49.4 Å². The van der Waals surface area contributed by atoms with Crippen molar-refractivity contribution >= 4 is 34.2 Å². The number of benzene rings is 2. The molecule has 0 radical (unpaired) electrons. The van der Waals surface area contributed by atoms with Gasteiger partial charge in [0.25, 0.3) is 0 Å². The standard InChI is InChI=1S/C19H16O2S/c1-2-13(19(20)21)12-18-17(10-11-22-18)16-9-5-7-14-6-3-4-8-15(14)16/h3-12H,2H2,1H3,(H,20,21). The maximum Gasteiger partial charge on any atom is 0.331 e. The van der Waals surface area contributed by atoms with Crippen LogP contribution in [0.15, 0.2) is 59.5 Å². The van der Waals surface area contributed by atoms with Gasteiger partial charge >= 0.3 is 5.97 Å². The summed E-state index contributed by atoms with van der Waals surface area (Å²) < 4.78 is 0. The summed E-state index contributed by atoms with van der Waals surface area (Å²) in [5.41, 5.74) is 2.67. The minimum atomic E-state index is -0.847. The van der Waals surface area contributed by atoms with E-state index in [2.05, 4.69) is 30.3 Å². The van der Waals surface area contributed by atoms with Crippen LogP contribution in [0.4, 0.5) is 0 Å². The topological polar surface area (TPSA) is 37.3 Å². The molecule has 0 aliphatic heterocycles. The first-order valence-corrected chi connectivity index (χ1v) is 8.08. The number of carboxylic acids is 1. The third-order valence-corrected chi connectivity index (χ3v) is 4.60. The molecule has 0 saturated carbocycles. The van der Waals surface area contributed by atoms with Crippen molar-refractivity contribution < 1.29 is 9.90 Å². The van der Waals surface area contributed by atoms with Crippen LogP contribution in [0.2, 0.25) is 0 Å². The first-order valence-electron chi connectivity index (χ1n) is 7.20. The van der Waals surface area contributed by atoms with Gasteiger partial charge in [-0.05, 0) is 40.3 Å². The predicted octanol–water partition coefficient (Wildman–Crippen LogP) is 5.45. The van der Waals surface area contributed by atoms with Crippen molar-refractivity contribution in [2.75, 3.05) is 0 Å². The van der Waals surface area contributed by atoms with Gasteiger partial charge in [-0.3, -0.25) is 0 Å². The van der Waals surface area contributed by atoms with E-state index in [1.54, 1.807) is 17.4 Å². The highest BCUT2D eigenvalue weighted by Crippen LogP contribution is 2.35. The number of hydrogen-bond donors (Lipinski definition) is 1. The lowest BCUT2D eigenvalue weighted by Crippen LogP contribution is -1.98. The van der Waals surface area contributed by atoms with Gasteiger partial charge in [-0.25, -0.2) is 4.79 Å². The second kappa shape index (κ2) is 6.16. The van der Waals surface area contributed by atoms with Gasteiger partial charge in [0.05, 0.1) is 0 Å². The van der Waals surface area contributed by atoms with Crippen LogP contribution in [0.25, 0.3) is 28.0 Å². The highest BCUT2D eigenvalue weighted by Gasteiger charge is 2.11. The quantitative estimate of drug-likeness (QED) is 0.651. The molecule has 0 aliphatic carbocycles. The van der Waals surface area contributed by atoms with E-state index in [0.29, 0.717) is 12.0 Å². The smallest absolute Gasteiger partial charge is 0.331 e. The number of aliphatic carboxylic acids is 1. The molecule has 2 aromatic carbocycles. The predicted molar refractivity (Wildman–Crippen MR) is 93.2 cm³/mol. The molecule has 110 valence electrons. The van der Waals surface area contributed by atoms with Crippen LogP contribution in [-0.4, -0.2) is 11.1 Å². The fourth-order valence-corrected chi connectivity index (χ4v) is 3.45. The Hall–Kier alpha value is -2.39. The monoisotopic (exact) mass is 308 g/mol. The van der Waals surface area contributed by atoms with Gasteiger partial charge < -0.3 is 5.11 Å². The summed E-state index contributed by atoms with van der Waals surface area (Å²) in [5.74, 6) is -0.847. The molecule has 0 bridgehead atoms. The zero-order chi connectivity index (χ0) is 15.5. The molecule has 0 fully saturated rings. The normalized spacial score (nSPS) is 11.8. The maximum absolute atomic E-state index is 11.3. The zero-order valence-corrected chi connectivity index (χ0v) is 13.1. The Morgan fingerprint density at radius 2 is 1.86 bits per heavy atom. The fraction of sp³-hybridized carbons (Fsp3) is 0.105. The molecule has 1 aromatic heterocycles. The molecule has 3 heteroatoms. The zero-order valence-electron chi connectivity index (χ0n) is 12.2. The van der Waals surface area contributed by atoms with E-state index in [-0.39, 0.29) is 0 Å². The van der Waals surface area contributed by atoms with Crippen molar-refractivity contribution in [1.29, 1.82) is 0 Å². The first-order chi connectivity index (χ1) is 10.7. The van der Waals surface area contributed by atoms with Crippen molar-refractivity contribution in [2.24, 2.45) is 0 Å². The third-order valence-electron chi connectivity index (χ3n) is 3.74. The van der Waals surface area contributed by atoms with E-state index in [1.165, 1.54) is 10.8 Å². The van der Waals surface area contributed by atoms with Crippen molar-refractivity contribution in [3.8, 4) is 11.1 Å². The van der Waals surface area contributed by atoms with E-state index in [1.807, 2.05) is 30.5 Å². The molecule has 3 rings (SSSR count). The lowest BCUT2D eigenvalue weighted by molar-refractivity contribution is -0.132. The number of carboxylic acid groups (broad SMARTS) is 1. The van der Waals surface area contributed by atoms with Gasteiger partial charge in [0.2, 0.25) is 0 Å². The van der Waals surface area contributed by atoms with Crippen LogP contribution in [-0.2, 0) is 4.79 Å². The number of carbonyl (C=O) groups is 1. The summed E-state index contributed by atoms with van der Waals surface area (Å²) in [6, 6.07) is 16.5. The van der Waals surface area contributed by atoms with Gasteiger partial charge in [-0.2, -0.15) is 0 Å². The summed E-state index contributed by atoms with van der Waals surface area (Å²) >= 11 is 1.57. The number of hydrogen-bond acceptors (Lipinski definition) is 2. The highest BCUT2D eigenvalue weighted by molar-refractivity contribution is 7.11. The van der Waals surface area contributed by atoms with Crippen molar-refractivity contribution in [3.63, 3.8) is 0 Å². The van der Waals surface area contributed by atoms with Crippen LogP contribution < -0.4 is 0 Å². The molecule has 0 spiro atoms. The second-order valence-corrected chi connectivity index (χ2v) is 6.00. The molecule has 0 amide bonds. The Morgan fingerprint density at radius 1 is 1.09 bits per heavy atom. The number of thiophene rings is 1. The molecule has 0 saturated heterocycles. The minimum absolute atomic E-state index is 0.434. The van der Waals surface area contributed by atoms with E-state index < -0.39 is 5.97 Å². The fourth-order valence-electron chi connectivity index (χ4n) is 2.59.